The summed E-state index contributed by atoms with van der Waals surface area (Å²) in [4.78, 5) is 13.6. The van der Waals surface area contributed by atoms with E-state index in [0.717, 1.165) is 47.3 Å². The first kappa shape index (κ1) is 25.4. The van der Waals surface area contributed by atoms with Gasteiger partial charge in [-0.15, -0.1) is 0 Å². The molecule has 9 heteroatoms. The molecule has 6 rings (SSSR count). The van der Waals surface area contributed by atoms with E-state index in [4.69, 9.17) is 18.9 Å². The number of fused-ring (bicyclic) bond motifs is 2. The summed E-state index contributed by atoms with van der Waals surface area (Å²) in [6, 6.07) is 14.3. The summed E-state index contributed by atoms with van der Waals surface area (Å²) in [6.45, 7) is 11.9. The van der Waals surface area contributed by atoms with E-state index >= 15 is 0 Å². The molecule has 3 aliphatic rings. The second kappa shape index (κ2) is 8.30. The maximum absolute atomic E-state index is 13.6. The zero-order valence-electron chi connectivity index (χ0n) is 23.4. The summed E-state index contributed by atoms with van der Waals surface area (Å²) in [5.41, 5.74) is 2.85. The molecule has 0 radical (unpaired) electrons. The van der Waals surface area contributed by atoms with E-state index in [1.54, 1.807) is 0 Å². The molecule has 1 atom stereocenters. The summed E-state index contributed by atoms with van der Waals surface area (Å²) < 4.78 is 26.0. The molecule has 0 bridgehead atoms. The van der Waals surface area contributed by atoms with Crippen LogP contribution in [0, 0.1) is 0 Å². The number of nitrogens with zero attached hydrogens (tertiary/aromatic N) is 1. The average Bonchev–Trinajstić information content (AvgIpc) is 3.32. The Kier molecular flexibility index (Phi) is 5.54. The topological polar surface area (TPSA) is 71.0 Å². The number of carbonyl (C=O) groups is 1. The number of nitrogens with one attached hydrogen (secondary N) is 1. The van der Waals surface area contributed by atoms with Gasteiger partial charge in [0.05, 0.1) is 18.6 Å². The minimum absolute atomic E-state index is 0.0110. The molecule has 1 N–H and O–H groups in total. The van der Waals surface area contributed by atoms with Gasteiger partial charge in [0, 0.05) is 27.7 Å². The number of rotatable bonds is 5. The summed E-state index contributed by atoms with van der Waals surface area (Å²) in [5.74, 6) is 0.880. The van der Waals surface area contributed by atoms with Gasteiger partial charge in [0.15, 0.2) is 38.6 Å². The summed E-state index contributed by atoms with van der Waals surface area (Å²) in [6.07, 6.45) is 1.62. The second-order valence-electron chi connectivity index (χ2n) is 12.9. The third kappa shape index (κ3) is 4.50. The molecule has 3 heterocycles. The van der Waals surface area contributed by atoms with E-state index in [2.05, 4.69) is 48.9 Å². The number of amides is 1. The number of hydrogen-bond acceptors (Lipinski definition) is 5. The molecule has 2 fully saturated rings. The Morgan fingerprint density at radius 1 is 1.05 bits per heavy atom. The number of benzene rings is 2. The monoisotopic (exact) mass is 514 g/mol. The largest absolute Gasteiger partial charge is 0.467 e. The van der Waals surface area contributed by atoms with Crippen molar-refractivity contribution in [1.82, 2.24) is 4.57 Å². The van der Waals surface area contributed by atoms with Crippen molar-refractivity contribution in [2.45, 2.75) is 82.3 Å². The molecule has 1 unspecified atom stereocenters. The Labute approximate surface area is 226 Å². The van der Waals surface area contributed by atoms with Crippen LogP contribution in [0.4, 0.5) is 5.69 Å². The van der Waals surface area contributed by atoms with Gasteiger partial charge < -0.3 is 28.8 Å². The maximum Gasteiger partial charge on any atom is 0.235 e. The summed E-state index contributed by atoms with van der Waals surface area (Å²) in [7, 11) is 3.77. The smallest absolute Gasteiger partial charge is 0.235 e. The van der Waals surface area contributed by atoms with Crippen molar-refractivity contribution in [3.8, 4) is 11.5 Å². The molecule has 2 aliphatic heterocycles. The third-order valence-corrected chi connectivity index (χ3v) is 7.77. The van der Waals surface area contributed by atoms with Gasteiger partial charge in [-0.05, 0) is 68.7 Å². The SMILES string of the molecule is BC1(B)Oc2ccc(C3(C(=O)Nc4ccc5c(c4)cc(C(C)(C)C)n5CC4COC(C)(C)O4)CC3)cc2O1. The van der Waals surface area contributed by atoms with Gasteiger partial charge >= 0.3 is 0 Å². The normalized spacial score (nSPS) is 22.5. The molecule has 1 saturated carbocycles. The molecule has 1 amide bonds. The molecule has 1 saturated heterocycles. The van der Waals surface area contributed by atoms with Gasteiger partial charge in [-0.3, -0.25) is 4.79 Å². The molecule has 38 heavy (non-hydrogen) atoms. The second-order valence-corrected chi connectivity index (χ2v) is 12.9. The number of aromatic nitrogens is 1. The van der Waals surface area contributed by atoms with E-state index in [1.807, 2.05) is 53.8 Å². The lowest BCUT2D eigenvalue weighted by Crippen LogP contribution is -2.39. The number of carbonyl (C=O) groups excluding carboxylic acids is 1. The van der Waals surface area contributed by atoms with Crippen molar-refractivity contribution in [2.75, 3.05) is 11.9 Å². The summed E-state index contributed by atoms with van der Waals surface area (Å²) >= 11 is 0. The Balaban J connectivity index is 1.26. The molecule has 7 nitrogen and oxygen atoms in total. The van der Waals surface area contributed by atoms with Gasteiger partial charge in [-0.2, -0.15) is 0 Å². The molecular weight excluding hydrogens is 478 g/mol. The number of anilines is 1. The van der Waals surface area contributed by atoms with Gasteiger partial charge in [0.1, 0.15) is 6.10 Å². The van der Waals surface area contributed by atoms with Crippen LogP contribution in [0.2, 0.25) is 0 Å². The maximum atomic E-state index is 13.6. The highest BCUT2D eigenvalue weighted by Crippen LogP contribution is 2.51. The van der Waals surface area contributed by atoms with Gasteiger partial charge in [0.2, 0.25) is 5.91 Å². The van der Waals surface area contributed by atoms with Crippen LogP contribution in [0.1, 0.15) is 58.7 Å². The van der Waals surface area contributed by atoms with Crippen LogP contribution in [0.25, 0.3) is 10.9 Å². The predicted octanol–water partition coefficient (Wildman–Crippen LogP) is 3.41. The fourth-order valence-corrected chi connectivity index (χ4v) is 5.77. The van der Waals surface area contributed by atoms with Crippen LogP contribution in [0.5, 0.6) is 11.5 Å². The highest BCUT2D eigenvalue weighted by atomic mass is 16.7. The van der Waals surface area contributed by atoms with E-state index < -0.39 is 16.8 Å². The molecule has 1 aliphatic carbocycles. The minimum atomic E-state index is -0.690. The fraction of sp³-hybridized carbons (Fsp3) is 0.483. The van der Waals surface area contributed by atoms with Crippen molar-refractivity contribution in [3.05, 3.63) is 53.7 Å². The fourth-order valence-electron chi connectivity index (χ4n) is 5.77. The zero-order chi connectivity index (χ0) is 27.1. The van der Waals surface area contributed by atoms with Gasteiger partial charge in [0.25, 0.3) is 0 Å². The lowest BCUT2D eigenvalue weighted by Gasteiger charge is -2.24. The predicted molar refractivity (Wildman–Crippen MR) is 153 cm³/mol. The van der Waals surface area contributed by atoms with Crippen molar-refractivity contribution >= 4 is 38.2 Å². The van der Waals surface area contributed by atoms with Gasteiger partial charge in [-0.1, -0.05) is 26.8 Å². The van der Waals surface area contributed by atoms with Crippen LogP contribution in [0.3, 0.4) is 0 Å². The molecule has 2 aromatic carbocycles. The lowest BCUT2D eigenvalue weighted by molar-refractivity contribution is -0.139. The van der Waals surface area contributed by atoms with Crippen molar-refractivity contribution < 1.29 is 23.7 Å². The Bertz CT molecular complexity index is 1430. The van der Waals surface area contributed by atoms with E-state index in [-0.39, 0.29) is 17.4 Å². The van der Waals surface area contributed by atoms with Gasteiger partial charge in [-0.25, -0.2) is 0 Å². The quantitative estimate of drug-likeness (QED) is 0.529. The number of hydrogen-bond donors (Lipinski definition) is 1. The van der Waals surface area contributed by atoms with Crippen LogP contribution in [-0.2, 0) is 31.6 Å². The molecule has 198 valence electrons. The molecule has 3 aromatic rings. The van der Waals surface area contributed by atoms with Crippen molar-refractivity contribution in [3.63, 3.8) is 0 Å². The molecular formula is C29H36B2N2O5. The standard InChI is InChI=1S/C29H36B2N2O5/c1-26(2,3)24-13-17-12-19(7-8-21(17)33(24)15-20-16-35-27(4,5)36-20)32-25(34)28(10-11-28)18-6-9-22-23(14-18)38-29(30,31)37-22/h6-9,12-14,20H,10-11,15-16,30-31H2,1-5H3,(H,32,34). The first-order chi connectivity index (χ1) is 17.7. The first-order valence-electron chi connectivity index (χ1n) is 13.5. The van der Waals surface area contributed by atoms with Crippen LogP contribution in [0.15, 0.2) is 42.5 Å². The van der Waals surface area contributed by atoms with E-state index in [1.165, 1.54) is 5.69 Å². The lowest BCUT2D eigenvalue weighted by atomic mass is 9.76. The Morgan fingerprint density at radius 2 is 1.79 bits per heavy atom. The Morgan fingerprint density at radius 3 is 2.45 bits per heavy atom. The van der Waals surface area contributed by atoms with Crippen molar-refractivity contribution in [1.29, 1.82) is 0 Å². The first-order valence-corrected chi connectivity index (χ1v) is 13.5. The highest BCUT2D eigenvalue weighted by molar-refractivity contribution is 6.38. The summed E-state index contributed by atoms with van der Waals surface area (Å²) in [5, 5.41) is 4.30. The highest BCUT2D eigenvalue weighted by Gasteiger charge is 2.52. The van der Waals surface area contributed by atoms with Crippen LogP contribution >= 0.6 is 0 Å². The van der Waals surface area contributed by atoms with E-state index in [0.29, 0.717) is 12.4 Å². The number of ether oxygens (including phenoxy) is 4. The molecule has 1 aromatic heterocycles. The van der Waals surface area contributed by atoms with Crippen molar-refractivity contribution in [2.24, 2.45) is 0 Å². The minimum Gasteiger partial charge on any atom is -0.467 e. The third-order valence-electron chi connectivity index (χ3n) is 7.77. The van der Waals surface area contributed by atoms with Crippen LogP contribution in [-0.4, -0.2) is 50.3 Å². The molecule has 0 spiro atoms. The van der Waals surface area contributed by atoms with E-state index in [9.17, 15) is 4.79 Å². The average molecular weight is 514 g/mol. The zero-order valence-corrected chi connectivity index (χ0v) is 23.4. The Hall–Kier alpha value is -2.90. The van der Waals surface area contributed by atoms with Crippen LogP contribution < -0.4 is 14.8 Å².